The number of hydrogen-bond acceptors (Lipinski definition) is 6. The van der Waals surface area contributed by atoms with Crippen LogP contribution >= 0.6 is 0 Å². The van der Waals surface area contributed by atoms with Crippen molar-refractivity contribution in [2.45, 2.75) is 19.6 Å². The zero-order chi connectivity index (χ0) is 17.3. The maximum Gasteiger partial charge on any atom is 2.00 e. The second-order valence-corrected chi connectivity index (χ2v) is 5.71. The maximum atomic E-state index is 11.1. The Morgan fingerprint density at radius 1 is 1.17 bits per heavy atom. The van der Waals surface area contributed by atoms with E-state index in [0.717, 1.165) is 30.7 Å². The standard InChI is InChI=1S/C10H12N2OS.2C2H4O2.Cu/c1-12-9-6-4-3-5-8(9)11-10(12)7-14(2)13;2*1-2(3)4;/h3-6H,7H2,1-2H3;2*1H3,(H,3,4);/q;;;+2/p-2. The number of nitrogens with zero attached hydrogens (tertiary/aromatic N) is 2. The molecule has 1 atom stereocenters. The number of fused-ring (bicyclic) bond motifs is 1. The van der Waals surface area contributed by atoms with Gasteiger partial charge in [0.15, 0.2) is 0 Å². The molecule has 131 valence electrons. The Hall–Kier alpha value is -1.70. The second kappa shape index (κ2) is 11.8. The van der Waals surface area contributed by atoms with Gasteiger partial charge in [0.25, 0.3) is 0 Å². The van der Waals surface area contributed by atoms with Gasteiger partial charge in [-0.05, 0) is 26.0 Å². The smallest absolute Gasteiger partial charge is 0.550 e. The number of carboxylic acid groups (broad SMARTS) is 2. The topological polar surface area (TPSA) is 115 Å². The Morgan fingerprint density at radius 3 is 2.00 bits per heavy atom. The van der Waals surface area contributed by atoms with Crippen LogP contribution in [0.3, 0.4) is 0 Å². The van der Waals surface area contributed by atoms with Crippen LogP contribution in [0.5, 0.6) is 0 Å². The van der Waals surface area contributed by atoms with Crippen LogP contribution in [0.1, 0.15) is 19.7 Å². The van der Waals surface area contributed by atoms with Gasteiger partial charge in [-0.1, -0.05) is 12.1 Å². The first kappa shape index (κ1) is 23.6. The molecule has 2 aromatic rings. The van der Waals surface area contributed by atoms with Gasteiger partial charge < -0.3 is 24.4 Å². The molecule has 1 aromatic heterocycles. The number of aromatic nitrogens is 2. The third-order valence-electron chi connectivity index (χ3n) is 2.21. The fraction of sp³-hybridized carbons (Fsp3) is 0.357. The third-order valence-corrected chi connectivity index (χ3v) is 2.88. The average Bonchev–Trinajstić information content (AvgIpc) is 2.65. The van der Waals surface area contributed by atoms with Crippen molar-refractivity contribution >= 4 is 33.8 Å². The summed E-state index contributed by atoms with van der Waals surface area (Å²) in [4.78, 5) is 22.2. The van der Waals surface area contributed by atoms with Gasteiger partial charge in [0.1, 0.15) is 5.82 Å². The molecule has 0 bridgehead atoms. The van der Waals surface area contributed by atoms with Crippen molar-refractivity contribution in [1.29, 1.82) is 0 Å². The van der Waals surface area contributed by atoms with E-state index in [9.17, 15) is 4.21 Å². The molecule has 0 aliphatic rings. The summed E-state index contributed by atoms with van der Waals surface area (Å²) in [6.07, 6.45) is 1.69. The molecule has 0 amide bonds. The van der Waals surface area contributed by atoms with E-state index < -0.39 is 22.7 Å². The zero-order valence-electron chi connectivity index (χ0n) is 13.2. The Kier molecular flexibility index (Phi) is 12.1. The van der Waals surface area contributed by atoms with E-state index in [1.165, 1.54) is 0 Å². The largest absolute Gasteiger partial charge is 2.00 e. The van der Waals surface area contributed by atoms with Gasteiger partial charge in [-0.25, -0.2) is 4.98 Å². The number of carboxylic acids is 2. The van der Waals surface area contributed by atoms with Crippen LogP contribution in [0.2, 0.25) is 0 Å². The molecule has 0 fully saturated rings. The van der Waals surface area contributed by atoms with Gasteiger partial charge >= 0.3 is 17.1 Å². The van der Waals surface area contributed by atoms with E-state index in [2.05, 4.69) is 4.98 Å². The number of hydrogen-bond donors (Lipinski definition) is 0. The molecule has 0 spiro atoms. The van der Waals surface area contributed by atoms with Gasteiger partial charge in [0.05, 0.1) is 16.8 Å². The van der Waals surface area contributed by atoms with Crippen molar-refractivity contribution in [2.24, 2.45) is 7.05 Å². The van der Waals surface area contributed by atoms with E-state index >= 15 is 0 Å². The van der Waals surface area contributed by atoms with E-state index in [4.69, 9.17) is 19.8 Å². The van der Waals surface area contributed by atoms with E-state index in [-0.39, 0.29) is 17.1 Å². The Labute approximate surface area is 147 Å². The summed E-state index contributed by atoms with van der Waals surface area (Å²) in [5.74, 6) is -0.766. The number of aryl methyl sites for hydroxylation is 1. The van der Waals surface area contributed by atoms with Gasteiger partial charge in [0.2, 0.25) is 0 Å². The average molecular weight is 390 g/mol. The van der Waals surface area contributed by atoms with Crippen molar-refractivity contribution in [3.63, 3.8) is 0 Å². The van der Waals surface area contributed by atoms with Crippen molar-refractivity contribution in [2.75, 3.05) is 6.26 Å². The molecular weight excluding hydrogens is 372 g/mol. The van der Waals surface area contributed by atoms with Crippen LogP contribution in [0.4, 0.5) is 0 Å². The predicted molar refractivity (Wildman–Crippen MR) is 79.8 cm³/mol. The van der Waals surface area contributed by atoms with Crippen molar-refractivity contribution in [3.8, 4) is 0 Å². The Bertz CT molecular complexity index is 652. The van der Waals surface area contributed by atoms with Gasteiger partial charge in [-0.3, -0.25) is 4.21 Å². The van der Waals surface area contributed by atoms with Crippen molar-refractivity contribution in [1.82, 2.24) is 9.55 Å². The number of para-hydroxylation sites is 2. The zero-order valence-corrected chi connectivity index (χ0v) is 14.9. The van der Waals surface area contributed by atoms with Crippen LogP contribution in [0.15, 0.2) is 24.3 Å². The molecule has 0 aliphatic carbocycles. The number of rotatable bonds is 2. The molecule has 2 rings (SSSR count). The Balaban J connectivity index is 0. The van der Waals surface area contributed by atoms with E-state index in [1.807, 2.05) is 35.9 Å². The number of benzene rings is 1. The third kappa shape index (κ3) is 10.6. The molecule has 23 heavy (non-hydrogen) atoms. The molecule has 0 N–H and O–H groups in total. The molecule has 0 aliphatic heterocycles. The number of carbonyl (C=O) groups excluding carboxylic acids is 2. The molecule has 1 unspecified atom stereocenters. The van der Waals surface area contributed by atoms with Crippen LogP contribution in [0, 0.1) is 0 Å². The normalized spacial score (nSPS) is 10.3. The Morgan fingerprint density at radius 2 is 1.61 bits per heavy atom. The monoisotopic (exact) mass is 389 g/mol. The minimum atomic E-state index is -1.08. The SMILES string of the molecule is CC(=O)[O-].CC(=O)[O-].Cn1c(CS(C)=O)nc2ccccc21.[Cu+2]. The van der Waals surface area contributed by atoms with Crippen LogP contribution < -0.4 is 10.2 Å². The molecule has 1 radical (unpaired) electrons. The number of carbonyl (C=O) groups is 2. The molecule has 7 nitrogen and oxygen atoms in total. The first-order valence-electron chi connectivity index (χ1n) is 6.20. The van der Waals surface area contributed by atoms with Crippen molar-refractivity contribution < 1.29 is 41.1 Å². The number of aliphatic carboxylic acids is 2. The van der Waals surface area contributed by atoms with Gasteiger partial charge in [-0.15, -0.1) is 0 Å². The first-order valence-corrected chi connectivity index (χ1v) is 7.93. The maximum absolute atomic E-state index is 11.1. The molecule has 0 saturated heterocycles. The predicted octanol–water partition coefficient (Wildman–Crippen LogP) is -1.04. The first-order chi connectivity index (χ1) is 10.1. The fourth-order valence-corrected chi connectivity index (χ4v) is 2.13. The summed E-state index contributed by atoms with van der Waals surface area (Å²) >= 11 is 0. The minimum Gasteiger partial charge on any atom is -0.550 e. The summed E-state index contributed by atoms with van der Waals surface area (Å²) < 4.78 is 13.1. The van der Waals surface area contributed by atoms with E-state index in [1.54, 1.807) is 6.26 Å². The van der Waals surface area contributed by atoms with Crippen LogP contribution in [0.25, 0.3) is 11.0 Å². The fourth-order valence-electron chi connectivity index (χ4n) is 1.51. The minimum absolute atomic E-state index is 0. The second-order valence-electron chi connectivity index (χ2n) is 4.28. The summed E-state index contributed by atoms with van der Waals surface area (Å²) in [6.45, 7) is 1.94. The van der Waals surface area contributed by atoms with Gasteiger partial charge in [0, 0.05) is 36.0 Å². The van der Waals surface area contributed by atoms with Crippen LogP contribution in [-0.4, -0.2) is 32.0 Å². The summed E-state index contributed by atoms with van der Waals surface area (Å²) in [5, 5.41) is 17.8. The summed E-state index contributed by atoms with van der Waals surface area (Å²) in [7, 11) is 1.12. The molecule has 1 aromatic carbocycles. The molecular formula is C14H18CuN2O5S. The van der Waals surface area contributed by atoms with Crippen molar-refractivity contribution in [3.05, 3.63) is 30.1 Å². The number of imidazole rings is 1. The van der Waals surface area contributed by atoms with Gasteiger partial charge in [-0.2, -0.15) is 0 Å². The summed E-state index contributed by atoms with van der Waals surface area (Å²) in [6, 6.07) is 7.93. The van der Waals surface area contributed by atoms with E-state index in [0.29, 0.717) is 5.75 Å². The summed E-state index contributed by atoms with van der Waals surface area (Å²) in [5.41, 5.74) is 2.06. The molecule has 9 heteroatoms. The quantitative estimate of drug-likeness (QED) is 0.606. The van der Waals surface area contributed by atoms with Crippen LogP contribution in [-0.2, 0) is 50.3 Å². The molecule has 1 heterocycles. The molecule has 0 saturated carbocycles.